The quantitative estimate of drug-likeness (QED) is 0.420. The Morgan fingerprint density at radius 2 is 1.76 bits per heavy atom. The number of anilines is 1. The van der Waals surface area contributed by atoms with E-state index in [9.17, 15) is 0 Å². The lowest BCUT2D eigenvalue weighted by atomic mass is 9.99. The lowest BCUT2D eigenvalue weighted by Crippen LogP contribution is -2.30. The number of furan rings is 1. The molecular weight excluding hydrogens is 424 g/mol. The maximum Gasteiger partial charge on any atom is 0.228 e. The molecule has 0 radical (unpaired) electrons. The van der Waals surface area contributed by atoms with E-state index in [-0.39, 0.29) is 0 Å². The molecule has 3 aromatic heterocycles. The van der Waals surface area contributed by atoms with Crippen LogP contribution in [0, 0.1) is 0 Å². The standard InChI is InChI=1S/C27H30N6O/c1-2-7-15-32(14-6-1)27-28-19-23(26-29-25(30-33(26)27)24-11-8-18-34-24)20-31-16-12-22(13-17-31)21-9-4-3-5-10-21/h3-5,8-12,18-19H,1-2,6-7,13-17,20H2. The Morgan fingerprint density at radius 3 is 2.50 bits per heavy atom. The van der Waals surface area contributed by atoms with Gasteiger partial charge in [-0.15, -0.1) is 5.10 Å². The fraction of sp³-hybridized carbons (Fsp3) is 0.370. The monoisotopic (exact) mass is 454 g/mol. The van der Waals surface area contributed by atoms with Crippen LogP contribution in [0.15, 0.2) is 65.4 Å². The highest BCUT2D eigenvalue weighted by Crippen LogP contribution is 2.26. The van der Waals surface area contributed by atoms with Gasteiger partial charge in [-0.2, -0.15) is 4.52 Å². The summed E-state index contributed by atoms with van der Waals surface area (Å²) in [6.45, 7) is 4.75. The largest absolute Gasteiger partial charge is 0.461 e. The molecule has 2 aliphatic heterocycles. The highest BCUT2D eigenvalue weighted by Gasteiger charge is 2.22. The number of hydrogen-bond acceptors (Lipinski definition) is 6. The minimum atomic E-state index is 0.611. The zero-order valence-corrected chi connectivity index (χ0v) is 19.4. The second kappa shape index (κ2) is 9.43. The van der Waals surface area contributed by atoms with Crippen LogP contribution in [0.3, 0.4) is 0 Å². The first-order chi connectivity index (χ1) is 16.8. The molecule has 5 heterocycles. The molecule has 7 heteroatoms. The van der Waals surface area contributed by atoms with E-state index in [4.69, 9.17) is 19.5 Å². The molecule has 4 aromatic rings. The first-order valence-electron chi connectivity index (χ1n) is 12.4. The minimum absolute atomic E-state index is 0.611. The SMILES string of the molecule is C1=C(c2ccccc2)CCN(Cc2cnc(N3CCCCCC3)n3nc(-c4ccco4)nc23)C1. The molecule has 1 fully saturated rings. The van der Waals surface area contributed by atoms with Gasteiger partial charge >= 0.3 is 0 Å². The van der Waals surface area contributed by atoms with Crippen molar-refractivity contribution in [3.8, 4) is 11.6 Å². The predicted octanol–water partition coefficient (Wildman–Crippen LogP) is 5.05. The van der Waals surface area contributed by atoms with Crippen LogP contribution in [0.1, 0.15) is 43.2 Å². The van der Waals surface area contributed by atoms with E-state index in [0.717, 1.165) is 56.3 Å². The van der Waals surface area contributed by atoms with Gasteiger partial charge in [-0.05, 0) is 42.5 Å². The van der Waals surface area contributed by atoms with Gasteiger partial charge in [-0.25, -0.2) is 9.97 Å². The Morgan fingerprint density at radius 1 is 0.912 bits per heavy atom. The molecule has 0 amide bonds. The fourth-order valence-electron chi connectivity index (χ4n) is 5.03. The topological polar surface area (TPSA) is 62.7 Å². The van der Waals surface area contributed by atoms with E-state index < -0.39 is 0 Å². The van der Waals surface area contributed by atoms with E-state index in [1.165, 1.54) is 36.8 Å². The molecule has 6 rings (SSSR count). The van der Waals surface area contributed by atoms with Crippen molar-refractivity contribution in [3.63, 3.8) is 0 Å². The second-order valence-corrected chi connectivity index (χ2v) is 9.21. The normalized spacial score (nSPS) is 17.6. The maximum atomic E-state index is 5.61. The second-order valence-electron chi connectivity index (χ2n) is 9.21. The summed E-state index contributed by atoms with van der Waals surface area (Å²) in [4.78, 5) is 14.6. The van der Waals surface area contributed by atoms with Crippen LogP contribution in [-0.4, -0.2) is 50.7 Å². The van der Waals surface area contributed by atoms with Gasteiger partial charge in [0, 0.05) is 44.5 Å². The van der Waals surface area contributed by atoms with Crippen LogP contribution >= 0.6 is 0 Å². The smallest absolute Gasteiger partial charge is 0.228 e. The van der Waals surface area contributed by atoms with Crippen molar-refractivity contribution in [1.82, 2.24) is 24.5 Å². The van der Waals surface area contributed by atoms with Crippen LogP contribution in [-0.2, 0) is 6.54 Å². The zero-order valence-electron chi connectivity index (χ0n) is 19.4. The van der Waals surface area contributed by atoms with Crippen molar-refractivity contribution < 1.29 is 4.42 Å². The predicted molar refractivity (Wildman–Crippen MR) is 133 cm³/mol. The summed E-state index contributed by atoms with van der Waals surface area (Å²) in [5.74, 6) is 2.18. The minimum Gasteiger partial charge on any atom is -0.461 e. The highest BCUT2D eigenvalue weighted by molar-refractivity contribution is 5.66. The van der Waals surface area contributed by atoms with Crippen LogP contribution in [0.25, 0.3) is 22.8 Å². The van der Waals surface area contributed by atoms with Crippen molar-refractivity contribution in [2.75, 3.05) is 31.1 Å². The summed E-state index contributed by atoms with van der Waals surface area (Å²) < 4.78 is 7.55. The third-order valence-electron chi connectivity index (χ3n) is 6.88. The van der Waals surface area contributed by atoms with E-state index >= 15 is 0 Å². The third-order valence-corrected chi connectivity index (χ3v) is 6.88. The van der Waals surface area contributed by atoms with Gasteiger partial charge in [0.05, 0.1) is 6.26 Å². The first kappa shape index (κ1) is 21.1. The third kappa shape index (κ3) is 4.23. The number of hydrogen-bond donors (Lipinski definition) is 0. The molecular formula is C27H30N6O. The van der Waals surface area contributed by atoms with Crippen LogP contribution in [0.2, 0.25) is 0 Å². The van der Waals surface area contributed by atoms with Crippen LogP contribution in [0.4, 0.5) is 5.95 Å². The Bertz CT molecular complexity index is 1270. The van der Waals surface area contributed by atoms with Gasteiger partial charge in [0.25, 0.3) is 0 Å². The fourth-order valence-corrected chi connectivity index (χ4v) is 5.03. The molecule has 0 aliphatic carbocycles. The molecule has 0 spiro atoms. The van der Waals surface area contributed by atoms with Crippen molar-refractivity contribution >= 4 is 17.2 Å². The summed E-state index contributed by atoms with van der Waals surface area (Å²) in [7, 11) is 0. The summed E-state index contributed by atoms with van der Waals surface area (Å²) in [6, 6.07) is 14.5. The average Bonchev–Trinajstić information content (AvgIpc) is 3.50. The Kier molecular flexibility index (Phi) is 5.85. The lowest BCUT2D eigenvalue weighted by molar-refractivity contribution is 0.294. The van der Waals surface area contributed by atoms with Crippen molar-refractivity contribution in [2.24, 2.45) is 0 Å². The molecule has 7 nitrogen and oxygen atoms in total. The van der Waals surface area contributed by atoms with Gasteiger partial charge in [0.2, 0.25) is 11.8 Å². The van der Waals surface area contributed by atoms with Gasteiger partial charge in [0.15, 0.2) is 11.4 Å². The molecule has 174 valence electrons. The Labute approximate surface area is 199 Å². The average molecular weight is 455 g/mol. The summed E-state index contributed by atoms with van der Waals surface area (Å²) in [6.07, 6.45) is 12.0. The molecule has 34 heavy (non-hydrogen) atoms. The van der Waals surface area contributed by atoms with E-state index in [1.54, 1.807) is 6.26 Å². The summed E-state index contributed by atoms with van der Waals surface area (Å²) in [5, 5.41) is 4.84. The van der Waals surface area contributed by atoms with Crippen molar-refractivity contribution in [3.05, 3.63) is 72.1 Å². The van der Waals surface area contributed by atoms with E-state index in [1.807, 2.05) is 22.8 Å². The van der Waals surface area contributed by atoms with Crippen molar-refractivity contribution in [1.29, 1.82) is 0 Å². The molecule has 1 aromatic carbocycles. The molecule has 0 atom stereocenters. The number of fused-ring (bicyclic) bond motifs is 1. The maximum absolute atomic E-state index is 5.61. The lowest BCUT2D eigenvalue weighted by Gasteiger charge is -2.27. The van der Waals surface area contributed by atoms with E-state index in [2.05, 4.69) is 46.2 Å². The van der Waals surface area contributed by atoms with Gasteiger partial charge < -0.3 is 9.32 Å². The van der Waals surface area contributed by atoms with Crippen molar-refractivity contribution in [2.45, 2.75) is 38.6 Å². The Hall–Kier alpha value is -3.45. The van der Waals surface area contributed by atoms with Gasteiger partial charge in [-0.3, -0.25) is 4.90 Å². The molecule has 0 saturated carbocycles. The molecule has 0 bridgehead atoms. The highest BCUT2D eigenvalue weighted by atomic mass is 16.3. The van der Waals surface area contributed by atoms with Crippen LogP contribution in [0.5, 0.6) is 0 Å². The summed E-state index contributed by atoms with van der Waals surface area (Å²) >= 11 is 0. The van der Waals surface area contributed by atoms with E-state index in [0.29, 0.717) is 11.6 Å². The molecule has 2 aliphatic rings. The van der Waals surface area contributed by atoms with Gasteiger partial charge in [0.1, 0.15) is 0 Å². The molecule has 1 saturated heterocycles. The number of benzene rings is 1. The zero-order chi connectivity index (χ0) is 22.7. The number of nitrogens with zero attached hydrogens (tertiary/aromatic N) is 6. The first-order valence-corrected chi connectivity index (χ1v) is 12.4. The molecule has 0 unspecified atom stereocenters. The van der Waals surface area contributed by atoms with Crippen LogP contribution < -0.4 is 4.90 Å². The van der Waals surface area contributed by atoms with Gasteiger partial charge in [-0.1, -0.05) is 49.2 Å². The molecule has 0 N–H and O–H groups in total. The Balaban J connectivity index is 1.31. The summed E-state index contributed by atoms with van der Waals surface area (Å²) in [5.41, 5.74) is 4.73. The number of aromatic nitrogens is 4. The number of rotatable bonds is 5.